The number of rotatable bonds is 4. The Bertz CT molecular complexity index is 778. The number of nitrogens with zero attached hydrogens (tertiary/aromatic N) is 3. The summed E-state index contributed by atoms with van der Waals surface area (Å²) in [6.07, 6.45) is 5.00. The molecule has 0 saturated carbocycles. The van der Waals surface area contributed by atoms with E-state index in [9.17, 15) is 18.0 Å². The number of halogens is 3. The van der Waals surface area contributed by atoms with E-state index in [-0.39, 0.29) is 6.54 Å². The van der Waals surface area contributed by atoms with E-state index < -0.39 is 28.9 Å². The van der Waals surface area contributed by atoms with Gasteiger partial charge in [0.2, 0.25) is 0 Å². The van der Waals surface area contributed by atoms with Crippen molar-refractivity contribution in [1.29, 1.82) is 0 Å². The Kier molecular flexibility index (Phi) is 5.16. The average molecular weight is 350 g/mol. The van der Waals surface area contributed by atoms with E-state index in [0.29, 0.717) is 11.9 Å². The van der Waals surface area contributed by atoms with Gasteiger partial charge in [-0.05, 0) is 37.5 Å². The molecule has 0 bridgehead atoms. The van der Waals surface area contributed by atoms with Crippen LogP contribution in [0.3, 0.4) is 0 Å². The van der Waals surface area contributed by atoms with Gasteiger partial charge in [0.1, 0.15) is 11.6 Å². The lowest BCUT2D eigenvalue weighted by atomic mass is 10.1. The number of aromatic nitrogens is 2. The highest BCUT2D eigenvalue weighted by atomic mass is 19.2. The summed E-state index contributed by atoms with van der Waals surface area (Å²) in [4.78, 5) is 22.6. The van der Waals surface area contributed by atoms with Gasteiger partial charge in [-0.2, -0.15) is 0 Å². The van der Waals surface area contributed by atoms with Gasteiger partial charge in [0.25, 0.3) is 5.91 Å². The Hall–Kier alpha value is -2.64. The zero-order chi connectivity index (χ0) is 17.8. The van der Waals surface area contributed by atoms with E-state index in [1.54, 1.807) is 12.3 Å². The highest BCUT2D eigenvalue weighted by Crippen LogP contribution is 2.17. The van der Waals surface area contributed by atoms with Crippen molar-refractivity contribution < 1.29 is 18.0 Å². The van der Waals surface area contributed by atoms with E-state index in [1.807, 2.05) is 0 Å². The number of hydrogen-bond acceptors (Lipinski definition) is 4. The quantitative estimate of drug-likeness (QED) is 0.862. The van der Waals surface area contributed by atoms with Crippen LogP contribution in [0.25, 0.3) is 0 Å². The molecule has 3 rings (SSSR count). The minimum Gasteiger partial charge on any atom is -0.357 e. The largest absolute Gasteiger partial charge is 0.357 e. The Morgan fingerprint density at radius 3 is 2.60 bits per heavy atom. The van der Waals surface area contributed by atoms with Gasteiger partial charge in [0.15, 0.2) is 17.5 Å². The molecular weight excluding hydrogens is 333 g/mol. The molecule has 1 amide bonds. The van der Waals surface area contributed by atoms with Crippen LogP contribution in [0.4, 0.5) is 19.0 Å². The Morgan fingerprint density at radius 1 is 1.08 bits per heavy atom. The van der Waals surface area contributed by atoms with E-state index in [4.69, 9.17) is 0 Å². The van der Waals surface area contributed by atoms with Crippen LogP contribution in [0, 0.1) is 17.5 Å². The number of carbonyl (C=O) groups is 1. The smallest absolute Gasteiger partial charge is 0.254 e. The summed E-state index contributed by atoms with van der Waals surface area (Å²) in [7, 11) is 0. The third-order valence-corrected chi connectivity index (χ3v) is 4.06. The summed E-state index contributed by atoms with van der Waals surface area (Å²) in [6, 6.07) is 3.40. The monoisotopic (exact) mass is 350 g/mol. The third kappa shape index (κ3) is 3.89. The molecule has 1 fully saturated rings. The van der Waals surface area contributed by atoms with Gasteiger partial charge >= 0.3 is 0 Å². The van der Waals surface area contributed by atoms with E-state index in [0.717, 1.165) is 37.8 Å². The molecule has 25 heavy (non-hydrogen) atoms. The highest BCUT2D eigenvalue weighted by molar-refractivity contribution is 5.94. The lowest BCUT2D eigenvalue weighted by Gasteiger charge is -2.27. The summed E-state index contributed by atoms with van der Waals surface area (Å²) in [5, 5.41) is 2.42. The first kappa shape index (κ1) is 17.2. The van der Waals surface area contributed by atoms with Crippen LogP contribution in [0.15, 0.2) is 24.4 Å². The first-order valence-corrected chi connectivity index (χ1v) is 8.05. The third-order valence-electron chi connectivity index (χ3n) is 4.06. The molecule has 8 heteroatoms. The lowest BCUT2D eigenvalue weighted by molar-refractivity contribution is 0.0944. The summed E-state index contributed by atoms with van der Waals surface area (Å²) >= 11 is 0. The molecule has 0 aliphatic carbocycles. The number of carbonyl (C=O) groups excluding carboxylic acids is 1. The molecule has 0 unspecified atom stereocenters. The molecule has 0 radical (unpaired) electrons. The summed E-state index contributed by atoms with van der Waals surface area (Å²) in [5.41, 5.74) is -0.564. The summed E-state index contributed by atoms with van der Waals surface area (Å²) in [5.74, 6) is -4.25. The molecule has 1 N–H and O–H groups in total. The fourth-order valence-corrected chi connectivity index (χ4v) is 2.73. The van der Waals surface area contributed by atoms with Gasteiger partial charge < -0.3 is 10.2 Å². The van der Waals surface area contributed by atoms with E-state index in [2.05, 4.69) is 20.2 Å². The number of piperidine rings is 1. The number of anilines is 1. The summed E-state index contributed by atoms with van der Waals surface area (Å²) < 4.78 is 39.8. The molecule has 2 heterocycles. The summed E-state index contributed by atoms with van der Waals surface area (Å²) in [6.45, 7) is 1.80. The van der Waals surface area contributed by atoms with Crippen LogP contribution in [-0.4, -0.2) is 29.0 Å². The van der Waals surface area contributed by atoms with Crippen molar-refractivity contribution in [2.24, 2.45) is 0 Å². The molecule has 0 spiro atoms. The molecule has 1 aromatic heterocycles. The molecule has 1 saturated heterocycles. The zero-order valence-electron chi connectivity index (χ0n) is 13.4. The van der Waals surface area contributed by atoms with Crippen molar-refractivity contribution in [3.63, 3.8) is 0 Å². The SMILES string of the molecule is O=C(NCc1nccc(N2CCCCC2)n1)c1ccc(F)c(F)c1F. The maximum atomic E-state index is 13.6. The van der Waals surface area contributed by atoms with Crippen LogP contribution in [-0.2, 0) is 6.54 Å². The zero-order valence-corrected chi connectivity index (χ0v) is 13.4. The van der Waals surface area contributed by atoms with E-state index >= 15 is 0 Å². The van der Waals surface area contributed by atoms with Crippen LogP contribution in [0.5, 0.6) is 0 Å². The van der Waals surface area contributed by atoms with Gasteiger partial charge in [-0.3, -0.25) is 4.79 Å². The molecule has 5 nitrogen and oxygen atoms in total. The van der Waals surface area contributed by atoms with Crippen LogP contribution < -0.4 is 10.2 Å². The topological polar surface area (TPSA) is 58.1 Å². The Balaban J connectivity index is 1.67. The molecule has 2 aromatic rings. The molecule has 1 aromatic carbocycles. The van der Waals surface area contributed by atoms with Crippen LogP contribution in [0.2, 0.25) is 0 Å². The van der Waals surface area contributed by atoms with Crippen molar-refractivity contribution in [3.05, 3.63) is 53.2 Å². The molecule has 0 atom stereocenters. The van der Waals surface area contributed by atoms with Gasteiger partial charge in [0, 0.05) is 19.3 Å². The molecule has 1 aliphatic rings. The fourth-order valence-electron chi connectivity index (χ4n) is 2.73. The van der Waals surface area contributed by atoms with E-state index in [1.165, 1.54) is 6.42 Å². The maximum Gasteiger partial charge on any atom is 0.254 e. The minimum atomic E-state index is -1.67. The van der Waals surface area contributed by atoms with Crippen molar-refractivity contribution >= 4 is 11.7 Å². The van der Waals surface area contributed by atoms with Gasteiger partial charge in [0.05, 0.1) is 12.1 Å². The predicted octanol–water partition coefficient (Wildman–Crippen LogP) is 2.81. The van der Waals surface area contributed by atoms with Crippen LogP contribution in [0.1, 0.15) is 35.4 Å². The lowest BCUT2D eigenvalue weighted by Crippen LogP contribution is -2.31. The van der Waals surface area contributed by atoms with Crippen molar-refractivity contribution in [2.45, 2.75) is 25.8 Å². The predicted molar refractivity (Wildman–Crippen MR) is 85.6 cm³/mol. The second kappa shape index (κ2) is 7.50. The number of nitrogens with one attached hydrogen (secondary N) is 1. The van der Waals surface area contributed by atoms with Gasteiger partial charge in [-0.15, -0.1) is 0 Å². The number of benzene rings is 1. The van der Waals surface area contributed by atoms with Crippen molar-refractivity contribution in [2.75, 3.05) is 18.0 Å². The van der Waals surface area contributed by atoms with Crippen molar-refractivity contribution in [3.8, 4) is 0 Å². The molecular formula is C17H17F3N4O. The maximum absolute atomic E-state index is 13.6. The number of amides is 1. The first-order valence-electron chi connectivity index (χ1n) is 8.05. The normalized spacial score (nSPS) is 14.4. The average Bonchev–Trinajstić information content (AvgIpc) is 2.65. The molecule has 1 aliphatic heterocycles. The standard InChI is InChI=1S/C17H17F3N4O/c18-12-5-4-11(15(19)16(12)20)17(25)22-10-13-21-7-6-14(23-13)24-8-2-1-3-9-24/h4-7H,1-3,8-10H2,(H,22,25). The van der Waals surface area contributed by atoms with Crippen molar-refractivity contribution in [1.82, 2.24) is 15.3 Å². The molecule has 132 valence electrons. The second-order valence-electron chi connectivity index (χ2n) is 5.78. The van der Waals surface area contributed by atoms with Gasteiger partial charge in [-0.1, -0.05) is 0 Å². The fraction of sp³-hybridized carbons (Fsp3) is 0.353. The highest BCUT2D eigenvalue weighted by Gasteiger charge is 2.19. The van der Waals surface area contributed by atoms with Gasteiger partial charge in [-0.25, -0.2) is 23.1 Å². The van der Waals surface area contributed by atoms with Crippen LogP contribution >= 0.6 is 0 Å². The first-order chi connectivity index (χ1) is 12.1. The number of hydrogen-bond donors (Lipinski definition) is 1. The Labute approximate surface area is 142 Å². The minimum absolute atomic E-state index is 0.0427. The Morgan fingerprint density at radius 2 is 1.84 bits per heavy atom. The second-order valence-corrected chi connectivity index (χ2v) is 5.78.